The van der Waals surface area contributed by atoms with Crippen molar-refractivity contribution in [2.45, 2.75) is 25.0 Å². The van der Waals surface area contributed by atoms with E-state index in [0.717, 1.165) is 11.1 Å². The van der Waals surface area contributed by atoms with Gasteiger partial charge in [-0.1, -0.05) is 59.6 Å². The van der Waals surface area contributed by atoms with Crippen molar-refractivity contribution in [2.75, 3.05) is 0 Å². The predicted octanol–water partition coefficient (Wildman–Crippen LogP) is 5.16. The topological polar surface area (TPSA) is 26.3 Å². The van der Waals surface area contributed by atoms with Crippen LogP contribution < -0.4 is 0 Å². The third kappa shape index (κ3) is 3.13. The van der Waals surface area contributed by atoms with Gasteiger partial charge in [0.2, 0.25) is 0 Å². The highest BCUT2D eigenvalue weighted by atomic mass is 35.5. The van der Waals surface area contributed by atoms with Crippen molar-refractivity contribution in [1.82, 2.24) is 0 Å². The van der Waals surface area contributed by atoms with Crippen LogP contribution in [0.15, 0.2) is 48.5 Å². The Labute approximate surface area is 133 Å². The summed E-state index contributed by atoms with van der Waals surface area (Å²) in [4.78, 5) is 12.1. The van der Waals surface area contributed by atoms with Crippen molar-refractivity contribution in [3.8, 4) is 0 Å². The smallest absolute Gasteiger partial charge is 0.138 e. The lowest BCUT2D eigenvalue weighted by Gasteiger charge is -2.30. The maximum atomic E-state index is 12.1. The van der Waals surface area contributed by atoms with Crippen LogP contribution in [0, 0.1) is 0 Å². The molecule has 0 saturated carbocycles. The van der Waals surface area contributed by atoms with Crippen molar-refractivity contribution in [3.63, 3.8) is 0 Å². The normalized spacial score (nSPS) is 22.3. The minimum Gasteiger partial charge on any atom is -0.365 e. The average Bonchev–Trinajstić information content (AvgIpc) is 2.47. The van der Waals surface area contributed by atoms with Crippen molar-refractivity contribution in [2.24, 2.45) is 0 Å². The summed E-state index contributed by atoms with van der Waals surface area (Å²) in [5.41, 5.74) is 1.70. The van der Waals surface area contributed by atoms with Crippen LogP contribution in [0.4, 0.5) is 0 Å². The monoisotopic (exact) mass is 320 g/mol. The summed E-state index contributed by atoms with van der Waals surface area (Å²) >= 11 is 12.4. The second-order valence-corrected chi connectivity index (χ2v) is 5.92. The number of benzene rings is 2. The lowest BCUT2D eigenvalue weighted by atomic mass is 9.94. The molecular formula is C17H14Cl2O2. The van der Waals surface area contributed by atoms with E-state index in [-0.39, 0.29) is 18.0 Å². The van der Waals surface area contributed by atoms with E-state index >= 15 is 0 Å². The zero-order valence-corrected chi connectivity index (χ0v) is 12.8. The molecule has 2 atom stereocenters. The fourth-order valence-electron chi connectivity index (χ4n) is 2.63. The quantitative estimate of drug-likeness (QED) is 0.764. The largest absolute Gasteiger partial charge is 0.365 e. The Morgan fingerprint density at radius 2 is 1.24 bits per heavy atom. The molecule has 4 heteroatoms. The van der Waals surface area contributed by atoms with Gasteiger partial charge in [-0.15, -0.1) is 0 Å². The first-order chi connectivity index (χ1) is 10.1. The molecule has 3 rings (SSSR count). The Bertz CT molecular complexity index is 614. The van der Waals surface area contributed by atoms with Crippen LogP contribution in [0.2, 0.25) is 10.0 Å². The van der Waals surface area contributed by atoms with Crippen molar-refractivity contribution < 1.29 is 9.53 Å². The van der Waals surface area contributed by atoms with Gasteiger partial charge in [-0.3, -0.25) is 4.79 Å². The fourth-order valence-corrected chi connectivity index (χ4v) is 3.15. The first kappa shape index (κ1) is 14.6. The molecule has 0 aromatic heterocycles. The summed E-state index contributed by atoms with van der Waals surface area (Å²) < 4.78 is 6.10. The SMILES string of the molecule is O=C1C[C@@H](c2ccccc2Cl)O[C@H](c2ccccc2Cl)C1. The van der Waals surface area contributed by atoms with E-state index in [0.29, 0.717) is 22.9 Å². The molecule has 1 aliphatic heterocycles. The van der Waals surface area contributed by atoms with Gasteiger partial charge in [0.25, 0.3) is 0 Å². The summed E-state index contributed by atoms with van der Waals surface area (Å²) in [6.45, 7) is 0. The number of Topliss-reactive ketones (excluding diaryl/α,β-unsaturated/α-hetero) is 1. The van der Waals surface area contributed by atoms with E-state index in [2.05, 4.69) is 0 Å². The van der Waals surface area contributed by atoms with Crippen molar-refractivity contribution in [3.05, 3.63) is 69.7 Å². The molecule has 0 bridgehead atoms. The van der Waals surface area contributed by atoms with Crippen LogP contribution in [0.3, 0.4) is 0 Å². The second-order valence-electron chi connectivity index (χ2n) is 5.10. The molecule has 0 N–H and O–H groups in total. The van der Waals surface area contributed by atoms with Crippen LogP contribution >= 0.6 is 23.2 Å². The van der Waals surface area contributed by atoms with Crippen LogP contribution in [-0.2, 0) is 9.53 Å². The van der Waals surface area contributed by atoms with Crippen LogP contribution in [0.5, 0.6) is 0 Å². The molecule has 108 valence electrons. The van der Waals surface area contributed by atoms with Gasteiger partial charge in [-0.25, -0.2) is 0 Å². The molecule has 0 unspecified atom stereocenters. The van der Waals surface area contributed by atoms with Crippen molar-refractivity contribution in [1.29, 1.82) is 0 Å². The Kier molecular flexibility index (Phi) is 4.29. The lowest BCUT2D eigenvalue weighted by Crippen LogP contribution is -2.23. The number of halogens is 2. The van der Waals surface area contributed by atoms with Gasteiger partial charge >= 0.3 is 0 Å². The maximum absolute atomic E-state index is 12.1. The Balaban J connectivity index is 1.91. The molecule has 0 amide bonds. The molecular weight excluding hydrogens is 307 g/mol. The molecule has 21 heavy (non-hydrogen) atoms. The summed E-state index contributed by atoms with van der Waals surface area (Å²) in [5, 5.41) is 1.24. The molecule has 0 spiro atoms. The summed E-state index contributed by atoms with van der Waals surface area (Å²) in [7, 11) is 0. The van der Waals surface area contributed by atoms with Crippen LogP contribution in [-0.4, -0.2) is 5.78 Å². The Hall–Kier alpha value is -1.35. The van der Waals surface area contributed by atoms with Crippen LogP contribution in [0.1, 0.15) is 36.2 Å². The van der Waals surface area contributed by atoms with Crippen LogP contribution in [0.25, 0.3) is 0 Å². The third-order valence-electron chi connectivity index (χ3n) is 3.66. The van der Waals surface area contributed by atoms with E-state index in [1.807, 2.05) is 48.5 Å². The molecule has 0 aliphatic carbocycles. The van der Waals surface area contributed by atoms with Gasteiger partial charge in [0, 0.05) is 22.9 Å². The lowest BCUT2D eigenvalue weighted by molar-refractivity contribution is -0.136. The van der Waals surface area contributed by atoms with E-state index in [4.69, 9.17) is 27.9 Å². The van der Waals surface area contributed by atoms with E-state index in [9.17, 15) is 4.79 Å². The van der Waals surface area contributed by atoms with Gasteiger partial charge in [-0.2, -0.15) is 0 Å². The molecule has 1 aliphatic rings. The average molecular weight is 321 g/mol. The minimum absolute atomic E-state index is 0.163. The molecule has 1 saturated heterocycles. The number of hydrogen-bond donors (Lipinski definition) is 0. The third-order valence-corrected chi connectivity index (χ3v) is 4.35. The number of hydrogen-bond acceptors (Lipinski definition) is 2. The number of rotatable bonds is 2. The summed E-state index contributed by atoms with van der Waals surface area (Å²) in [6, 6.07) is 14.9. The molecule has 0 radical (unpaired) electrons. The van der Waals surface area contributed by atoms with E-state index in [1.54, 1.807) is 0 Å². The highest BCUT2D eigenvalue weighted by Gasteiger charge is 2.31. The maximum Gasteiger partial charge on any atom is 0.138 e. The van der Waals surface area contributed by atoms with Gasteiger partial charge < -0.3 is 4.74 Å². The molecule has 2 aromatic rings. The standard InChI is InChI=1S/C17H14Cl2O2/c18-14-7-3-1-5-12(14)16-9-11(20)10-17(21-16)13-6-2-4-8-15(13)19/h1-8,16-17H,9-10H2/t16-,17-/m0/s1. The van der Waals surface area contributed by atoms with Crippen molar-refractivity contribution >= 4 is 29.0 Å². The van der Waals surface area contributed by atoms with E-state index < -0.39 is 0 Å². The summed E-state index contributed by atoms with van der Waals surface area (Å²) in [5.74, 6) is 0.163. The minimum atomic E-state index is -0.318. The van der Waals surface area contributed by atoms with E-state index in [1.165, 1.54) is 0 Å². The zero-order valence-electron chi connectivity index (χ0n) is 11.3. The second kappa shape index (κ2) is 6.18. The number of carbonyl (C=O) groups excluding carboxylic acids is 1. The molecule has 1 fully saturated rings. The number of ketones is 1. The Morgan fingerprint density at radius 3 is 1.67 bits per heavy atom. The molecule has 2 aromatic carbocycles. The van der Waals surface area contributed by atoms with Gasteiger partial charge in [0.15, 0.2) is 0 Å². The van der Waals surface area contributed by atoms with Gasteiger partial charge in [0.05, 0.1) is 12.2 Å². The first-order valence-electron chi connectivity index (χ1n) is 6.81. The first-order valence-corrected chi connectivity index (χ1v) is 7.57. The number of ether oxygens (including phenoxy) is 1. The number of carbonyl (C=O) groups is 1. The summed E-state index contributed by atoms with van der Waals surface area (Å²) in [6.07, 6.45) is 0.0671. The zero-order chi connectivity index (χ0) is 14.8. The molecule has 2 nitrogen and oxygen atoms in total. The fraction of sp³-hybridized carbons (Fsp3) is 0.235. The van der Waals surface area contributed by atoms with Gasteiger partial charge in [0.1, 0.15) is 5.78 Å². The highest BCUT2D eigenvalue weighted by Crippen LogP contribution is 2.40. The molecule has 1 heterocycles. The predicted molar refractivity (Wildman–Crippen MR) is 83.7 cm³/mol. The Morgan fingerprint density at radius 1 is 0.810 bits per heavy atom. The highest BCUT2D eigenvalue weighted by molar-refractivity contribution is 6.31. The van der Waals surface area contributed by atoms with Gasteiger partial charge in [-0.05, 0) is 23.3 Å².